The van der Waals surface area contributed by atoms with Gasteiger partial charge in [-0.1, -0.05) is 23.5 Å². The average molecular weight is 501 g/mol. The van der Waals surface area contributed by atoms with Crippen LogP contribution in [0.1, 0.15) is 16.5 Å². The third-order valence-corrected chi connectivity index (χ3v) is 7.53. The van der Waals surface area contributed by atoms with E-state index in [0.29, 0.717) is 41.0 Å². The summed E-state index contributed by atoms with van der Waals surface area (Å²) in [6, 6.07) is 10.4. The van der Waals surface area contributed by atoms with Crippen LogP contribution in [0, 0.1) is 5.82 Å². The molecule has 2 aromatic carbocycles. The normalized spacial score (nSPS) is 15.4. The number of quaternary nitrogens is 1. The molecule has 0 saturated carbocycles. The Labute approximate surface area is 205 Å². The highest BCUT2D eigenvalue weighted by atomic mass is 32.1. The van der Waals surface area contributed by atoms with Crippen molar-refractivity contribution in [3.8, 4) is 23.1 Å². The number of benzene rings is 2. The molecule has 0 unspecified atom stereocenters. The van der Waals surface area contributed by atoms with Crippen molar-refractivity contribution < 1.29 is 28.6 Å². The number of hydrogen-bond donors (Lipinski definition) is 2. The molecule has 0 spiro atoms. The molecule has 9 nitrogen and oxygen atoms in total. The molecular weight excluding hydrogens is 473 g/mol. The topological polar surface area (TPSA) is 85.8 Å². The minimum absolute atomic E-state index is 0.0604. The van der Waals surface area contributed by atoms with E-state index in [1.165, 1.54) is 33.1 Å². The zero-order valence-electron chi connectivity index (χ0n) is 19.7. The van der Waals surface area contributed by atoms with Crippen LogP contribution in [0.2, 0.25) is 0 Å². The zero-order valence-corrected chi connectivity index (χ0v) is 20.5. The van der Waals surface area contributed by atoms with Gasteiger partial charge in [-0.2, -0.15) is 9.61 Å². The second kappa shape index (κ2) is 9.59. The van der Waals surface area contributed by atoms with E-state index < -0.39 is 0 Å². The van der Waals surface area contributed by atoms with Crippen molar-refractivity contribution >= 4 is 22.0 Å². The van der Waals surface area contributed by atoms with Crippen molar-refractivity contribution in [2.45, 2.75) is 6.04 Å². The molecule has 0 radical (unpaired) electrons. The second-order valence-electron chi connectivity index (χ2n) is 8.23. The van der Waals surface area contributed by atoms with Gasteiger partial charge in [-0.15, -0.1) is 0 Å². The number of anilines is 1. The van der Waals surface area contributed by atoms with Crippen molar-refractivity contribution in [1.29, 1.82) is 0 Å². The number of nitrogens with zero attached hydrogens (tertiary/aromatic N) is 4. The Morgan fingerprint density at radius 2 is 1.74 bits per heavy atom. The highest BCUT2D eigenvalue weighted by Crippen LogP contribution is 2.42. The molecule has 1 aliphatic heterocycles. The maximum Gasteiger partial charge on any atom is 0.235 e. The lowest BCUT2D eigenvalue weighted by atomic mass is 10.0. The van der Waals surface area contributed by atoms with Gasteiger partial charge in [0.2, 0.25) is 16.6 Å². The fourth-order valence-corrected chi connectivity index (χ4v) is 5.87. The summed E-state index contributed by atoms with van der Waals surface area (Å²) in [4.78, 5) is 8.89. The third kappa shape index (κ3) is 4.10. The number of fused-ring (bicyclic) bond motifs is 1. The van der Waals surface area contributed by atoms with Crippen LogP contribution in [0.5, 0.6) is 23.1 Å². The number of methoxy groups -OCH3 is 3. The van der Waals surface area contributed by atoms with Gasteiger partial charge in [0.25, 0.3) is 0 Å². The van der Waals surface area contributed by atoms with Crippen molar-refractivity contribution in [2.24, 2.45) is 0 Å². The van der Waals surface area contributed by atoms with Crippen LogP contribution < -0.4 is 24.0 Å². The number of para-hydroxylation sites is 1. The van der Waals surface area contributed by atoms with E-state index in [2.05, 4.69) is 15.0 Å². The van der Waals surface area contributed by atoms with Crippen molar-refractivity contribution in [3.05, 3.63) is 59.0 Å². The summed E-state index contributed by atoms with van der Waals surface area (Å²) >= 11 is 1.40. The summed E-state index contributed by atoms with van der Waals surface area (Å²) in [6.45, 7) is 2.78. The molecule has 5 rings (SSSR count). The zero-order chi connectivity index (χ0) is 24.5. The highest BCUT2D eigenvalue weighted by Gasteiger charge is 2.36. The van der Waals surface area contributed by atoms with Gasteiger partial charge in [0, 0.05) is 5.56 Å². The van der Waals surface area contributed by atoms with E-state index >= 15 is 0 Å². The third-order valence-electron chi connectivity index (χ3n) is 6.43. The number of ether oxygens (including phenoxy) is 3. The molecule has 2 N–H and O–H groups in total. The number of nitrogens with one attached hydrogen (secondary N) is 1. The first kappa shape index (κ1) is 23.2. The number of thiazole rings is 1. The molecule has 184 valence electrons. The van der Waals surface area contributed by atoms with Gasteiger partial charge in [0.1, 0.15) is 17.0 Å². The number of aromatic hydroxyl groups is 1. The standard InChI is InChI=1S/C24H26FN5O4S/c1-32-18-12-15(13-19(33-2)21(18)34-3)20(22-23(31)30-24(35-22)26-14-27-30)29-10-8-28(9-11-29)17-7-5-4-6-16(17)25/h4-7,12-14,20,31H,8-11H2,1-3H3/p+1/t20-/m1/s1. The van der Waals surface area contributed by atoms with E-state index in [0.717, 1.165) is 23.5 Å². The molecule has 0 bridgehead atoms. The Balaban J connectivity index is 1.55. The minimum atomic E-state index is -0.250. The quantitative estimate of drug-likeness (QED) is 0.402. The summed E-state index contributed by atoms with van der Waals surface area (Å²) in [6.07, 6.45) is 1.42. The molecule has 1 aliphatic rings. The number of halogens is 1. The second-order valence-corrected chi connectivity index (χ2v) is 9.24. The predicted molar refractivity (Wildman–Crippen MR) is 130 cm³/mol. The Bertz CT molecular complexity index is 1310. The lowest BCUT2D eigenvalue weighted by Crippen LogP contribution is -3.15. The Morgan fingerprint density at radius 3 is 2.34 bits per heavy atom. The fourth-order valence-electron chi connectivity index (χ4n) is 4.75. The van der Waals surface area contributed by atoms with Crippen molar-refractivity contribution in [1.82, 2.24) is 14.6 Å². The van der Waals surface area contributed by atoms with Gasteiger partial charge in [0.05, 0.1) is 53.2 Å². The van der Waals surface area contributed by atoms with Crippen LogP contribution in [0.15, 0.2) is 42.7 Å². The van der Waals surface area contributed by atoms with E-state index in [1.807, 2.05) is 24.3 Å². The molecule has 1 fully saturated rings. The first-order valence-electron chi connectivity index (χ1n) is 11.2. The van der Waals surface area contributed by atoms with Crippen LogP contribution in [0.3, 0.4) is 0 Å². The van der Waals surface area contributed by atoms with Crippen LogP contribution in [-0.4, -0.2) is 67.2 Å². The summed E-state index contributed by atoms with van der Waals surface area (Å²) in [5, 5.41) is 15.2. The van der Waals surface area contributed by atoms with E-state index in [4.69, 9.17) is 14.2 Å². The van der Waals surface area contributed by atoms with Gasteiger partial charge in [0.15, 0.2) is 17.5 Å². The van der Waals surface area contributed by atoms with Gasteiger partial charge in [-0.05, 0) is 24.3 Å². The van der Waals surface area contributed by atoms with Crippen LogP contribution in [0.4, 0.5) is 10.1 Å². The predicted octanol–water partition coefficient (Wildman–Crippen LogP) is 2.16. The molecule has 4 aromatic rings. The van der Waals surface area contributed by atoms with Crippen LogP contribution in [0.25, 0.3) is 4.96 Å². The number of aromatic nitrogens is 3. The lowest BCUT2D eigenvalue weighted by Gasteiger charge is -2.37. The number of rotatable bonds is 7. The SMILES string of the molecule is COc1cc([C@H](c2sc3ncnn3c2O)[NH+]2CCN(c3ccccc3F)CC2)cc(OC)c1OC. The summed E-state index contributed by atoms with van der Waals surface area (Å²) in [5.41, 5.74) is 1.51. The lowest BCUT2D eigenvalue weighted by molar-refractivity contribution is -0.925. The first-order chi connectivity index (χ1) is 17.0. The largest absolute Gasteiger partial charge is 0.493 e. The molecule has 11 heteroatoms. The molecule has 2 aromatic heterocycles. The van der Waals surface area contributed by atoms with E-state index in [-0.39, 0.29) is 17.7 Å². The van der Waals surface area contributed by atoms with E-state index in [1.54, 1.807) is 27.4 Å². The maximum atomic E-state index is 14.4. The number of piperazine rings is 1. The monoisotopic (exact) mass is 500 g/mol. The van der Waals surface area contributed by atoms with Gasteiger partial charge < -0.3 is 29.1 Å². The average Bonchev–Trinajstić information content (AvgIpc) is 3.47. The van der Waals surface area contributed by atoms with Crippen molar-refractivity contribution in [2.75, 3.05) is 52.4 Å². The molecule has 3 heterocycles. The summed E-state index contributed by atoms with van der Waals surface area (Å²) in [5.74, 6) is 1.42. The van der Waals surface area contributed by atoms with Crippen LogP contribution >= 0.6 is 11.3 Å². The fraction of sp³-hybridized carbons (Fsp3) is 0.333. The van der Waals surface area contributed by atoms with Gasteiger partial charge in [-0.3, -0.25) is 0 Å². The molecular formula is C24H27FN5O4S+. The summed E-state index contributed by atoms with van der Waals surface area (Å²) in [7, 11) is 4.73. The minimum Gasteiger partial charge on any atom is -0.493 e. The first-order valence-corrected chi connectivity index (χ1v) is 12.0. The Hall–Kier alpha value is -3.57. The van der Waals surface area contributed by atoms with Gasteiger partial charge in [-0.25, -0.2) is 9.37 Å². The molecule has 35 heavy (non-hydrogen) atoms. The molecule has 0 amide bonds. The van der Waals surface area contributed by atoms with Crippen molar-refractivity contribution in [3.63, 3.8) is 0 Å². The molecule has 1 atom stereocenters. The smallest absolute Gasteiger partial charge is 0.235 e. The molecule has 0 aliphatic carbocycles. The Morgan fingerprint density at radius 1 is 1.06 bits per heavy atom. The number of hydrogen-bond acceptors (Lipinski definition) is 8. The summed E-state index contributed by atoms with van der Waals surface area (Å²) < 4.78 is 32.6. The molecule has 1 saturated heterocycles. The maximum absolute atomic E-state index is 14.4. The van der Waals surface area contributed by atoms with Gasteiger partial charge >= 0.3 is 0 Å². The highest BCUT2D eigenvalue weighted by molar-refractivity contribution is 7.17. The Kier molecular flexibility index (Phi) is 6.35. The van der Waals surface area contributed by atoms with Crippen LogP contribution in [-0.2, 0) is 0 Å². The van der Waals surface area contributed by atoms with E-state index in [9.17, 15) is 9.50 Å².